The molecular weight excluding hydrogens is 124 g/mol. The second kappa shape index (κ2) is 2.09. The molecule has 0 saturated heterocycles. The molecule has 0 heterocycles. The molecule has 56 valence electrons. The van der Waals surface area contributed by atoms with Gasteiger partial charge in [0.15, 0.2) is 0 Å². The first kappa shape index (κ1) is 6.41. The van der Waals surface area contributed by atoms with Crippen LogP contribution in [0.5, 0.6) is 0 Å². The Morgan fingerprint density at radius 3 is 2.70 bits per heavy atom. The molecule has 1 N–H and O–H groups in total. The molecule has 2 aliphatic rings. The average molecular weight is 138 g/mol. The molecule has 2 saturated carbocycles. The van der Waals surface area contributed by atoms with Gasteiger partial charge in [0, 0.05) is 5.92 Å². The average Bonchev–Trinajstić information content (AvgIpc) is 2.44. The number of fused-ring (bicyclic) bond motifs is 2. The topological polar surface area (TPSA) is 20.2 Å². The zero-order chi connectivity index (χ0) is 7.14. The summed E-state index contributed by atoms with van der Waals surface area (Å²) in [5.74, 6) is 1.35. The highest BCUT2D eigenvalue weighted by Crippen LogP contribution is 2.47. The Kier molecular flexibility index (Phi) is 1.34. The molecule has 0 aromatic carbocycles. The van der Waals surface area contributed by atoms with Crippen molar-refractivity contribution in [2.24, 2.45) is 11.8 Å². The van der Waals surface area contributed by atoms with Crippen LogP contribution >= 0.6 is 0 Å². The van der Waals surface area contributed by atoms with Crippen molar-refractivity contribution in [3.05, 3.63) is 11.6 Å². The summed E-state index contributed by atoms with van der Waals surface area (Å²) in [5, 5.41) is 9.48. The van der Waals surface area contributed by atoms with E-state index in [2.05, 4.69) is 13.0 Å². The monoisotopic (exact) mass is 138 g/mol. The van der Waals surface area contributed by atoms with Crippen LogP contribution in [0, 0.1) is 11.8 Å². The molecule has 1 nitrogen and oxygen atoms in total. The lowest BCUT2D eigenvalue weighted by Crippen LogP contribution is -2.17. The van der Waals surface area contributed by atoms with Crippen molar-refractivity contribution < 1.29 is 5.11 Å². The van der Waals surface area contributed by atoms with Gasteiger partial charge in [-0.2, -0.15) is 0 Å². The maximum Gasteiger partial charge on any atom is 0.0608 e. The van der Waals surface area contributed by atoms with Gasteiger partial charge in [-0.3, -0.25) is 0 Å². The highest BCUT2D eigenvalue weighted by Gasteiger charge is 2.41. The molecule has 3 atom stereocenters. The van der Waals surface area contributed by atoms with E-state index in [-0.39, 0.29) is 6.10 Å². The third-order valence-corrected chi connectivity index (χ3v) is 3.00. The summed E-state index contributed by atoms with van der Waals surface area (Å²) in [6, 6.07) is 0. The van der Waals surface area contributed by atoms with Crippen LogP contribution in [-0.4, -0.2) is 11.2 Å². The third-order valence-electron chi connectivity index (χ3n) is 3.00. The molecule has 0 radical (unpaired) electrons. The van der Waals surface area contributed by atoms with E-state index in [0.29, 0.717) is 5.92 Å². The lowest BCUT2D eigenvalue weighted by atomic mass is 9.92. The maximum atomic E-state index is 9.48. The third kappa shape index (κ3) is 0.734. The highest BCUT2D eigenvalue weighted by atomic mass is 16.3. The van der Waals surface area contributed by atoms with Gasteiger partial charge in [-0.1, -0.05) is 11.6 Å². The molecule has 0 spiro atoms. The van der Waals surface area contributed by atoms with E-state index in [1.54, 1.807) is 0 Å². The zero-order valence-electron chi connectivity index (χ0n) is 6.38. The highest BCUT2D eigenvalue weighted by molar-refractivity contribution is 5.18. The summed E-state index contributed by atoms with van der Waals surface area (Å²) < 4.78 is 0. The minimum atomic E-state index is -0.00931. The van der Waals surface area contributed by atoms with E-state index in [0.717, 1.165) is 12.3 Å². The Balaban J connectivity index is 2.20. The first-order chi connectivity index (χ1) is 4.81. The Morgan fingerprint density at radius 2 is 2.30 bits per heavy atom. The van der Waals surface area contributed by atoms with Gasteiger partial charge >= 0.3 is 0 Å². The molecule has 0 aromatic rings. The molecule has 2 aliphatic carbocycles. The number of allylic oxidation sites excluding steroid dienone is 1. The largest absolute Gasteiger partial charge is 0.392 e. The molecule has 2 rings (SSSR count). The molecule has 10 heavy (non-hydrogen) atoms. The van der Waals surface area contributed by atoms with Gasteiger partial charge < -0.3 is 5.11 Å². The molecule has 0 aliphatic heterocycles. The Bertz CT molecular complexity index is 172. The number of rotatable bonds is 0. The van der Waals surface area contributed by atoms with Crippen LogP contribution in [0.2, 0.25) is 0 Å². The fraction of sp³-hybridized carbons (Fsp3) is 0.778. The first-order valence-electron chi connectivity index (χ1n) is 4.14. The smallest absolute Gasteiger partial charge is 0.0608 e. The van der Waals surface area contributed by atoms with Crippen LogP contribution in [0.3, 0.4) is 0 Å². The summed E-state index contributed by atoms with van der Waals surface area (Å²) in [4.78, 5) is 0. The van der Waals surface area contributed by atoms with Crippen molar-refractivity contribution in [3.8, 4) is 0 Å². The number of hydrogen-bond acceptors (Lipinski definition) is 1. The van der Waals surface area contributed by atoms with E-state index in [1.165, 1.54) is 18.4 Å². The second-order valence-corrected chi connectivity index (χ2v) is 3.58. The lowest BCUT2D eigenvalue weighted by Gasteiger charge is -2.18. The van der Waals surface area contributed by atoms with Crippen LogP contribution in [0.25, 0.3) is 0 Å². The van der Waals surface area contributed by atoms with Gasteiger partial charge in [-0.25, -0.2) is 0 Å². The Morgan fingerprint density at radius 1 is 1.50 bits per heavy atom. The van der Waals surface area contributed by atoms with Gasteiger partial charge in [-0.15, -0.1) is 0 Å². The van der Waals surface area contributed by atoms with Crippen LogP contribution in [0.15, 0.2) is 11.6 Å². The predicted molar refractivity (Wildman–Crippen MR) is 40.6 cm³/mol. The Hall–Kier alpha value is -0.300. The summed E-state index contributed by atoms with van der Waals surface area (Å²) in [6.07, 6.45) is 5.75. The van der Waals surface area contributed by atoms with Crippen molar-refractivity contribution >= 4 is 0 Å². The molecule has 2 fully saturated rings. The van der Waals surface area contributed by atoms with E-state index < -0.39 is 0 Å². The van der Waals surface area contributed by atoms with Crippen LogP contribution < -0.4 is 0 Å². The van der Waals surface area contributed by atoms with E-state index in [1.807, 2.05) is 0 Å². The fourth-order valence-electron chi connectivity index (χ4n) is 2.50. The molecule has 0 unspecified atom stereocenters. The Labute approximate surface area is 61.8 Å². The van der Waals surface area contributed by atoms with Gasteiger partial charge in [0.2, 0.25) is 0 Å². The normalized spacial score (nSPS) is 49.0. The quantitative estimate of drug-likeness (QED) is 0.505. The SMILES string of the molecule is C/C=C1\C[C@@H]2C[C@@H](O)[C@H]1C2. The molecular formula is C9H14O. The minimum absolute atomic E-state index is 0.00931. The number of aliphatic hydroxyl groups excluding tert-OH is 1. The van der Waals surface area contributed by atoms with Gasteiger partial charge in [0.25, 0.3) is 0 Å². The van der Waals surface area contributed by atoms with Crippen LogP contribution in [0.4, 0.5) is 0 Å². The van der Waals surface area contributed by atoms with Gasteiger partial charge in [0.05, 0.1) is 6.10 Å². The summed E-state index contributed by atoms with van der Waals surface area (Å²) in [6.45, 7) is 2.09. The zero-order valence-corrected chi connectivity index (χ0v) is 6.38. The van der Waals surface area contributed by atoms with Crippen molar-refractivity contribution in [1.82, 2.24) is 0 Å². The summed E-state index contributed by atoms with van der Waals surface area (Å²) >= 11 is 0. The molecule has 0 amide bonds. The van der Waals surface area contributed by atoms with Crippen LogP contribution in [0.1, 0.15) is 26.2 Å². The van der Waals surface area contributed by atoms with E-state index in [9.17, 15) is 5.11 Å². The fourth-order valence-corrected chi connectivity index (χ4v) is 2.50. The van der Waals surface area contributed by atoms with Gasteiger partial charge in [0.1, 0.15) is 0 Å². The first-order valence-corrected chi connectivity index (χ1v) is 4.14. The second-order valence-electron chi connectivity index (χ2n) is 3.58. The van der Waals surface area contributed by atoms with E-state index in [4.69, 9.17) is 0 Å². The number of hydrogen-bond donors (Lipinski definition) is 1. The van der Waals surface area contributed by atoms with Crippen molar-refractivity contribution in [1.29, 1.82) is 0 Å². The lowest BCUT2D eigenvalue weighted by molar-refractivity contribution is 0.135. The molecule has 0 aromatic heterocycles. The number of aliphatic hydroxyl groups is 1. The summed E-state index contributed by atoms with van der Waals surface area (Å²) in [7, 11) is 0. The van der Waals surface area contributed by atoms with Crippen LogP contribution in [-0.2, 0) is 0 Å². The van der Waals surface area contributed by atoms with Crippen molar-refractivity contribution in [2.75, 3.05) is 0 Å². The van der Waals surface area contributed by atoms with E-state index >= 15 is 0 Å². The molecule has 1 heteroatoms. The van der Waals surface area contributed by atoms with Crippen molar-refractivity contribution in [2.45, 2.75) is 32.3 Å². The van der Waals surface area contributed by atoms with Gasteiger partial charge in [-0.05, 0) is 32.1 Å². The molecule has 2 bridgehead atoms. The minimum Gasteiger partial charge on any atom is -0.392 e. The van der Waals surface area contributed by atoms with Crippen molar-refractivity contribution in [3.63, 3.8) is 0 Å². The maximum absolute atomic E-state index is 9.48. The summed E-state index contributed by atoms with van der Waals surface area (Å²) in [5.41, 5.74) is 1.50. The standard InChI is InChI=1S/C9H14O/c1-2-7-3-6-4-8(7)9(10)5-6/h2,6,8-10H,3-5H2,1H3/b7-2+/t6-,8-,9+/m0/s1. The predicted octanol–water partition coefficient (Wildman–Crippen LogP) is 1.72.